The van der Waals surface area contributed by atoms with Crippen LogP contribution >= 0.6 is 0 Å². The summed E-state index contributed by atoms with van der Waals surface area (Å²) in [6.45, 7) is 3.62. The third-order valence-corrected chi connectivity index (χ3v) is 3.49. The third kappa shape index (κ3) is 3.94. The molecule has 1 fully saturated rings. The molecule has 0 aliphatic carbocycles. The van der Waals surface area contributed by atoms with Crippen LogP contribution in [0.25, 0.3) is 0 Å². The molecule has 19 heavy (non-hydrogen) atoms. The van der Waals surface area contributed by atoms with Crippen molar-refractivity contribution in [3.05, 3.63) is 11.6 Å². The molecule has 1 amide bonds. The van der Waals surface area contributed by atoms with Crippen LogP contribution in [0.15, 0.2) is 11.6 Å². The van der Waals surface area contributed by atoms with E-state index in [9.17, 15) is 18.0 Å². The number of halogens is 3. The molecule has 1 N–H and O–H groups in total. The maximum Gasteiger partial charge on any atom is 0.412 e. The van der Waals surface area contributed by atoms with Crippen molar-refractivity contribution in [3.63, 3.8) is 0 Å². The van der Waals surface area contributed by atoms with Crippen LogP contribution in [0.3, 0.4) is 0 Å². The van der Waals surface area contributed by atoms with Gasteiger partial charge in [0.1, 0.15) is 0 Å². The maximum atomic E-state index is 12.5. The normalized spacial score (nSPS) is 22.3. The fourth-order valence-electron chi connectivity index (χ4n) is 2.32. The number of piperazine rings is 1. The second kappa shape index (κ2) is 5.92. The van der Waals surface area contributed by atoms with Crippen LogP contribution in [0.2, 0.25) is 0 Å². The summed E-state index contributed by atoms with van der Waals surface area (Å²) in [5.41, 5.74) is -0.474. The Balaban J connectivity index is 1.82. The molecule has 0 bridgehead atoms. The predicted octanol–water partition coefficient (Wildman–Crippen LogP) is 0.613. The zero-order valence-electron chi connectivity index (χ0n) is 10.7. The molecule has 0 aromatic rings. The van der Waals surface area contributed by atoms with E-state index in [4.69, 9.17) is 0 Å². The lowest BCUT2D eigenvalue weighted by atomic mass is 10.1. The molecule has 4 nitrogen and oxygen atoms in total. The van der Waals surface area contributed by atoms with E-state index in [1.807, 2.05) is 0 Å². The van der Waals surface area contributed by atoms with Crippen LogP contribution in [0.1, 0.15) is 6.42 Å². The number of nitrogens with one attached hydrogen (secondary N) is 1. The van der Waals surface area contributed by atoms with Crippen molar-refractivity contribution in [2.75, 3.05) is 45.8 Å². The van der Waals surface area contributed by atoms with E-state index in [2.05, 4.69) is 5.32 Å². The lowest BCUT2D eigenvalue weighted by Crippen LogP contribution is -2.50. The van der Waals surface area contributed by atoms with Gasteiger partial charge >= 0.3 is 6.18 Å². The van der Waals surface area contributed by atoms with Crippen molar-refractivity contribution < 1.29 is 18.0 Å². The number of alkyl halides is 3. The van der Waals surface area contributed by atoms with Gasteiger partial charge in [0.15, 0.2) is 0 Å². The summed E-state index contributed by atoms with van der Waals surface area (Å²) in [7, 11) is 0. The minimum atomic E-state index is -4.23. The van der Waals surface area contributed by atoms with Gasteiger partial charge in [-0.05, 0) is 6.42 Å². The van der Waals surface area contributed by atoms with E-state index >= 15 is 0 Å². The van der Waals surface area contributed by atoms with E-state index in [0.717, 1.165) is 13.1 Å². The number of hydrogen-bond donors (Lipinski definition) is 1. The van der Waals surface area contributed by atoms with Crippen molar-refractivity contribution in [3.8, 4) is 0 Å². The molecule has 0 aromatic carbocycles. The lowest BCUT2D eigenvalue weighted by Gasteiger charge is -2.31. The molecule has 108 valence electrons. The van der Waals surface area contributed by atoms with Gasteiger partial charge in [-0.25, -0.2) is 0 Å². The number of rotatable bonds is 2. The van der Waals surface area contributed by atoms with E-state index in [-0.39, 0.29) is 25.4 Å². The highest BCUT2D eigenvalue weighted by Crippen LogP contribution is 2.29. The quantitative estimate of drug-likeness (QED) is 0.751. The zero-order valence-corrected chi connectivity index (χ0v) is 10.7. The molecule has 2 heterocycles. The summed E-state index contributed by atoms with van der Waals surface area (Å²) in [6.07, 6.45) is -3.07. The molecule has 7 heteroatoms. The SMILES string of the molecule is O=C(CN1CC=C(C(F)(F)F)CC1)N1CCNCC1. The van der Waals surface area contributed by atoms with Crippen molar-refractivity contribution in [2.24, 2.45) is 0 Å². The van der Waals surface area contributed by atoms with Gasteiger partial charge in [-0.1, -0.05) is 6.08 Å². The Bertz CT molecular complexity index is 362. The smallest absolute Gasteiger partial charge is 0.339 e. The maximum absolute atomic E-state index is 12.5. The summed E-state index contributed by atoms with van der Waals surface area (Å²) in [5.74, 6) is 0.00496. The second-order valence-corrected chi connectivity index (χ2v) is 4.84. The van der Waals surface area contributed by atoms with Crippen molar-refractivity contribution in [1.29, 1.82) is 0 Å². The first-order valence-corrected chi connectivity index (χ1v) is 6.44. The van der Waals surface area contributed by atoms with Gasteiger partial charge in [-0.15, -0.1) is 0 Å². The van der Waals surface area contributed by atoms with Crippen LogP contribution in [-0.4, -0.2) is 67.7 Å². The monoisotopic (exact) mass is 277 g/mol. The van der Waals surface area contributed by atoms with E-state index in [1.54, 1.807) is 9.80 Å². The lowest BCUT2D eigenvalue weighted by molar-refractivity contribution is -0.133. The number of carbonyl (C=O) groups excluding carboxylic acids is 1. The van der Waals surface area contributed by atoms with Crippen molar-refractivity contribution in [1.82, 2.24) is 15.1 Å². The molecule has 2 aliphatic heterocycles. The topological polar surface area (TPSA) is 35.6 Å². The molecular weight excluding hydrogens is 259 g/mol. The molecule has 1 saturated heterocycles. The first-order valence-electron chi connectivity index (χ1n) is 6.44. The summed E-state index contributed by atoms with van der Waals surface area (Å²) in [5, 5.41) is 3.15. The number of carbonyl (C=O) groups is 1. The Hall–Kier alpha value is -1.08. The molecular formula is C12H18F3N3O. The minimum absolute atomic E-state index is 0.00496. The second-order valence-electron chi connectivity index (χ2n) is 4.84. The van der Waals surface area contributed by atoms with Gasteiger partial charge in [-0.3, -0.25) is 9.69 Å². The molecule has 0 aromatic heterocycles. The fraction of sp³-hybridized carbons (Fsp3) is 0.750. The van der Waals surface area contributed by atoms with Gasteiger partial charge in [0.2, 0.25) is 5.91 Å². The van der Waals surface area contributed by atoms with Crippen LogP contribution in [0.4, 0.5) is 13.2 Å². The van der Waals surface area contributed by atoms with Gasteiger partial charge in [0.25, 0.3) is 0 Å². The average molecular weight is 277 g/mol. The predicted molar refractivity (Wildman–Crippen MR) is 64.6 cm³/mol. The van der Waals surface area contributed by atoms with Crippen molar-refractivity contribution >= 4 is 5.91 Å². The highest BCUT2D eigenvalue weighted by atomic mass is 19.4. The highest BCUT2D eigenvalue weighted by Gasteiger charge is 2.35. The summed E-state index contributed by atoms with van der Waals surface area (Å²) < 4.78 is 37.4. The number of hydrogen-bond acceptors (Lipinski definition) is 3. The number of nitrogens with zero attached hydrogens (tertiary/aromatic N) is 2. The highest BCUT2D eigenvalue weighted by molar-refractivity contribution is 5.78. The Kier molecular flexibility index (Phi) is 4.46. The first-order chi connectivity index (χ1) is 8.97. The molecule has 2 aliphatic rings. The van der Waals surface area contributed by atoms with Crippen LogP contribution in [-0.2, 0) is 4.79 Å². The zero-order chi connectivity index (χ0) is 13.9. The molecule has 0 atom stereocenters. The Morgan fingerprint density at radius 3 is 2.47 bits per heavy atom. The van der Waals surface area contributed by atoms with E-state index in [0.29, 0.717) is 19.6 Å². The van der Waals surface area contributed by atoms with Crippen molar-refractivity contribution in [2.45, 2.75) is 12.6 Å². The standard InChI is InChI=1S/C12H18F3N3O/c13-12(14,15)10-1-5-17(6-2-10)9-11(19)18-7-3-16-4-8-18/h1,16H,2-9H2. The molecule has 0 unspecified atom stereocenters. The molecule has 0 spiro atoms. The molecule has 0 saturated carbocycles. The van der Waals surface area contributed by atoms with Gasteiger partial charge in [0.05, 0.1) is 6.54 Å². The van der Waals surface area contributed by atoms with Gasteiger partial charge in [0, 0.05) is 44.8 Å². The van der Waals surface area contributed by atoms with Crippen LogP contribution in [0, 0.1) is 0 Å². The van der Waals surface area contributed by atoms with Crippen LogP contribution < -0.4 is 5.32 Å². The third-order valence-electron chi connectivity index (χ3n) is 3.49. The number of amides is 1. The summed E-state index contributed by atoms with van der Waals surface area (Å²) in [4.78, 5) is 15.5. The summed E-state index contributed by atoms with van der Waals surface area (Å²) >= 11 is 0. The molecule has 2 rings (SSSR count). The van der Waals surface area contributed by atoms with E-state index < -0.39 is 11.7 Å². The fourth-order valence-corrected chi connectivity index (χ4v) is 2.32. The minimum Gasteiger partial charge on any atom is -0.339 e. The molecule has 0 radical (unpaired) electrons. The van der Waals surface area contributed by atoms with Gasteiger partial charge < -0.3 is 10.2 Å². The Morgan fingerprint density at radius 1 is 1.26 bits per heavy atom. The average Bonchev–Trinajstić information content (AvgIpc) is 2.39. The van der Waals surface area contributed by atoms with Gasteiger partial charge in [-0.2, -0.15) is 13.2 Å². The summed E-state index contributed by atoms with van der Waals surface area (Å²) in [6, 6.07) is 0. The Morgan fingerprint density at radius 2 is 1.95 bits per heavy atom. The van der Waals surface area contributed by atoms with Crippen LogP contribution in [0.5, 0.6) is 0 Å². The largest absolute Gasteiger partial charge is 0.412 e. The first kappa shape index (κ1) is 14.3. The van der Waals surface area contributed by atoms with E-state index in [1.165, 1.54) is 6.08 Å². The Labute approximate surface area is 110 Å².